The standard InChI is InChI=1S/C21H20O12/c22-5-11-14(26)17(29)19(31)21(33-11)12-9(25)4-10-13(15(12)27)16(28)18(30)20(32-10)6-1-2-7(23)8(24)3-6/h1-4,11,14,17,19,21-27,29-31H,5H2. The molecule has 0 amide bonds. The molecule has 2 aromatic carbocycles. The lowest BCUT2D eigenvalue weighted by Gasteiger charge is -2.40. The van der Waals surface area contributed by atoms with Crippen LogP contribution in [0.15, 0.2) is 33.5 Å². The van der Waals surface area contributed by atoms with Crippen LogP contribution in [-0.2, 0) is 4.74 Å². The number of rotatable bonds is 3. The predicted molar refractivity (Wildman–Crippen MR) is 109 cm³/mol. The number of ether oxygens (including phenoxy) is 1. The molecule has 12 heteroatoms. The van der Waals surface area contributed by atoms with E-state index in [1.54, 1.807) is 0 Å². The minimum Gasteiger partial charge on any atom is -0.507 e. The molecule has 9 N–H and O–H groups in total. The van der Waals surface area contributed by atoms with E-state index in [0.29, 0.717) is 0 Å². The van der Waals surface area contributed by atoms with Gasteiger partial charge in [0.15, 0.2) is 17.3 Å². The van der Waals surface area contributed by atoms with E-state index in [9.17, 15) is 50.8 Å². The molecule has 5 atom stereocenters. The van der Waals surface area contributed by atoms with Crippen molar-refractivity contribution in [1.82, 2.24) is 0 Å². The van der Waals surface area contributed by atoms with E-state index in [2.05, 4.69) is 0 Å². The fourth-order valence-corrected chi connectivity index (χ4v) is 3.81. The summed E-state index contributed by atoms with van der Waals surface area (Å²) in [5, 5.41) is 89.9. The van der Waals surface area contributed by atoms with Gasteiger partial charge in [0.1, 0.15) is 53.0 Å². The molecule has 4 rings (SSSR count). The molecule has 3 aromatic rings. The van der Waals surface area contributed by atoms with Crippen LogP contribution in [0, 0.1) is 0 Å². The average Bonchev–Trinajstić information content (AvgIpc) is 2.77. The first kappa shape index (κ1) is 22.6. The molecule has 0 bridgehead atoms. The zero-order valence-electron chi connectivity index (χ0n) is 16.7. The molecule has 33 heavy (non-hydrogen) atoms. The van der Waals surface area contributed by atoms with Gasteiger partial charge in [-0.25, -0.2) is 0 Å². The molecule has 0 spiro atoms. The number of phenols is 4. The molecule has 176 valence electrons. The summed E-state index contributed by atoms with van der Waals surface area (Å²) >= 11 is 0. The first-order valence-corrected chi connectivity index (χ1v) is 9.64. The average molecular weight is 464 g/mol. The maximum Gasteiger partial charge on any atom is 0.238 e. The van der Waals surface area contributed by atoms with Gasteiger partial charge < -0.3 is 55.1 Å². The lowest BCUT2D eigenvalue weighted by Crippen LogP contribution is -2.55. The Morgan fingerprint density at radius 1 is 0.818 bits per heavy atom. The molecule has 0 aliphatic carbocycles. The Labute approximate surface area is 184 Å². The fraction of sp³-hybridized carbons (Fsp3) is 0.286. The summed E-state index contributed by atoms with van der Waals surface area (Å²) in [6, 6.07) is 4.24. The highest BCUT2D eigenvalue weighted by Gasteiger charge is 2.46. The largest absolute Gasteiger partial charge is 0.507 e. The Balaban J connectivity index is 1.91. The number of aromatic hydroxyl groups is 5. The highest BCUT2D eigenvalue weighted by molar-refractivity contribution is 5.90. The van der Waals surface area contributed by atoms with Crippen molar-refractivity contribution >= 4 is 11.0 Å². The number of aliphatic hydroxyl groups is 4. The number of phenolic OH excluding ortho intramolecular Hbond substituents is 4. The molecule has 1 aliphatic rings. The Morgan fingerprint density at radius 3 is 2.15 bits per heavy atom. The monoisotopic (exact) mass is 464 g/mol. The molecule has 1 saturated heterocycles. The number of benzene rings is 2. The van der Waals surface area contributed by atoms with Crippen LogP contribution >= 0.6 is 0 Å². The van der Waals surface area contributed by atoms with E-state index < -0.39 is 88.0 Å². The highest BCUT2D eigenvalue weighted by Crippen LogP contribution is 2.45. The van der Waals surface area contributed by atoms with Crippen LogP contribution in [-0.4, -0.2) is 77.0 Å². The second-order valence-electron chi connectivity index (χ2n) is 7.59. The number of hydrogen-bond acceptors (Lipinski definition) is 12. The molecule has 1 aliphatic heterocycles. The van der Waals surface area contributed by atoms with E-state index in [1.807, 2.05) is 0 Å². The van der Waals surface area contributed by atoms with E-state index in [0.717, 1.165) is 18.2 Å². The minimum atomic E-state index is -1.86. The molecule has 12 nitrogen and oxygen atoms in total. The van der Waals surface area contributed by atoms with Gasteiger partial charge in [0.25, 0.3) is 0 Å². The van der Waals surface area contributed by atoms with Crippen LogP contribution < -0.4 is 5.43 Å². The smallest absolute Gasteiger partial charge is 0.238 e. The van der Waals surface area contributed by atoms with Gasteiger partial charge in [-0.1, -0.05) is 0 Å². The number of aliphatic hydroxyl groups excluding tert-OH is 4. The Bertz CT molecular complexity index is 1280. The van der Waals surface area contributed by atoms with Gasteiger partial charge in [-0.3, -0.25) is 4.79 Å². The molecular weight excluding hydrogens is 444 g/mol. The fourth-order valence-electron chi connectivity index (χ4n) is 3.81. The van der Waals surface area contributed by atoms with Crippen molar-refractivity contribution in [2.75, 3.05) is 6.61 Å². The van der Waals surface area contributed by atoms with Crippen LogP contribution in [0.3, 0.4) is 0 Å². The third kappa shape index (κ3) is 3.50. The first-order chi connectivity index (χ1) is 15.6. The Morgan fingerprint density at radius 2 is 1.52 bits per heavy atom. The molecular formula is C21H20O12. The zero-order valence-corrected chi connectivity index (χ0v) is 16.7. The Hall–Kier alpha value is -3.55. The summed E-state index contributed by atoms with van der Waals surface area (Å²) in [5.41, 5.74) is -2.06. The van der Waals surface area contributed by atoms with Gasteiger partial charge >= 0.3 is 0 Å². The summed E-state index contributed by atoms with van der Waals surface area (Å²) in [4.78, 5) is 12.9. The van der Waals surface area contributed by atoms with Crippen molar-refractivity contribution < 1.29 is 55.1 Å². The molecule has 1 fully saturated rings. The van der Waals surface area contributed by atoms with Crippen molar-refractivity contribution in [3.63, 3.8) is 0 Å². The molecule has 1 aromatic heterocycles. The first-order valence-electron chi connectivity index (χ1n) is 9.64. The SMILES string of the molecule is O=c1c(O)c(-c2ccc(O)c(O)c2)oc2cc(O)c(C3OC(CO)C(O)C(O)C3O)c(O)c12. The van der Waals surface area contributed by atoms with E-state index in [4.69, 9.17) is 9.15 Å². The lowest BCUT2D eigenvalue weighted by molar-refractivity contribution is -0.232. The summed E-state index contributed by atoms with van der Waals surface area (Å²) in [6.07, 6.45) is -8.39. The van der Waals surface area contributed by atoms with Crippen molar-refractivity contribution in [1.29, 1.82) is 0 Å². The minimum absolute atomic E-state index is 0.00112. The van der Waals surface area contributed by atoms with Crippen molar-refractivity contribution in [2.45, 2.75) is 30.5 Å². The quantitative estimate of drug-likeness (QED) is 0.224. The van der Waals surface area contributed by atoms with Crippen LogP contribution in [0.4, 0.5) is 0 Å². The van der Waals surface area contributed by atoms with E-state index in [-0.39, 0.29) is 11.1 Å². The Kier molecular flexibility index (Phi) is 5.56. The van der Waals surface area contributed by atoms with Gasteiger partial charge in [-0.05, 0) is 18.2 Å². The van der Waals surface area contributed by atoms with Crippen LogP contribution in [0.25, 0.3) is 22.3 Å². The third-order valence-corrected chi connectivity index (χ3v) is 5.57. The van der Waals surface area contributed by atoms with Crippen molar-refractivity contribution in [2.24, 2.45) is 0 Å². The lowest BCUT2D eigenvalue weighted by atomic mass is 9.89. The van der Waals surface area contributed by atoms with Crippen molar-refractivity contribution in [3.05, 3.63) is 40.1 Å². The van der Waals surface area contributed by atoms with Gasteiger partial charge in [0.2, 0.25) is 11.2 Å². The third-order valence-electron chi connectivity index (χ3n) is 5.57. The molecule has 5 unspecified atom stereocenters. The summed E-state index contributed by atoms with van der Waals surface area (Å²) in [5.74, 6) is -4.06. The summed E-state index contributed by atoms with van der Waals surface area (Å²) < 4.78 is 10.8. The number of hydrogen-bond donors (Lipinski definition) is 9. The number of fused-ring (bicyclic) bond motifs is 1. The van der Waals surface area contributed by atoms with Gasteiger partial charge in [-0.2, -0.15) is 0 Å². The second kappa shape index (κ2) is 8.10. The van der Waals surface area contributed by atoms with Gasteiger partial charge in [0.05, 0.1) is 12.2 Å². The topological polar surface area (TPSA) is 222 Å². The van der Waals surface area contributed by atoms with Crippen LogP contribution in [0.1, 0.15) is 11.7 Å². The van der Waals surface area contributed by atoms with E-state index >= 15 is 0 Å². The summed E-state index contributed by atoms with van der Waals surface area (Å²) in [6.45, 7) is -0.762. The maximum atomic E-state index is 12.9. The molecule has 0 saturated carbocycles. The second-order valence-corrected chi connectivity index (χ2v) is 7.59. The predicted octanol–water partition coefficient (Wildman–Crippen LogP) is -0.497. The van der Waals surface area contributed by atoms with Gasteiger partial charge in [-0.15, -0.1) is 0 Å². The summed E-state index contributed by atoms with van der Waals surface area (Å²) in [7, 11) is 0. The zero-order chi connectivity index (χ0) is 24.2. The van der Waals surface area contributed by atoms with Crippen LogP contribution in [0.5, 0.6) is 28.7 Å². The highest BCUT2D eigenvalue weighted by atomic mass is 16.5. The van der Waals surface area contributed by atoms with Crippen molar-refractivity contribution in [3.8, 4) is 40.1 Å². The normalized spacial score (nSPS) is 25.4. The molecule has 2 heterocycles. The van der Waals surface area contributed by atoms with Crippen LogP contribution in [0.2, 0.25) is 0 Å². The maximum absolute atomic E-state index is 12.9. The molecule has 0 radical (unpaired) electrons. The van der Waals surface area contributed by atoms with Gasteiger partial charge in [0, 0.05) is 11.6 Å². The van der Waals surface area contributed by atoms with E-state index in [1.165, 1.54) is 6.07 Å².